The third-order valence-electron chi connectivity index (χ3n) is 3.03. The minimum Gasteiger partial charge on any atom is -0.495 e. The van der Waals surface area contributed by atoms with Crippen molar-refractivity contribution in [3.8, 4) is 11.8 Å². The zero-order valence-electron chi connectivity index (χ0n) is 12.4. The average Bonchev–Trinajstić information content (AvgIpc) is 2.54. The first kappa shape index (κ1) is 19.0. The van der Waals surface area contributed by atoms with Crippen LogP contribution in [0.4, 0.5) is 5.69 Å². The van der Waals surface area contributed by atoms with Gasteiger partial charge in [0.1, 0.15) is 17.4 Å². The Morgan fingerprint density at radius 1 is 1.33 bits per heavy atom. The van der Waals surface area contributed by atoms with Gasteiger partial charge in [-0.05, 0) is 75.5 Å². The fourth-order valence-corrected chi connectivity index (χ4v) is 4.25. The second-order valence-corrected chi connectivity index (χ2v) is 7.43. The molecular formula is C17H11ClI2N2O2. The molecule has 0 heterocycles. The van der Waals surface area contributed by atoms with Crippen LogP contribution in [-0.2, 0) is 4.79 Å². The highest BCUT2D eigenvalue weighted by Gasteiger charge is 2.14. The number of carbonyl (C=O) groups excluding carboxylic acids is 1. The molecule has 0 aromatic heterocycles. The molecule has 0 saturated carbocycles. The van der Waals surface area contributed by atoms with E-state index in [0.29, 0.717) is 22.0 Å². The third kappa shape index (κ3) is 4.62. The number of para-hydroxylation sites is 1. The number of hydrogen-bond donors (Lipinski definition) is 1. The van der Waals surface area contributed by atoms with E-state index in [2.05, 4.69) is 50.5 Å². The number of rotatable bonds is 4. The fraction of sp³-hybridized carbons (Fsp3) is 0.0588. The molecule has 0 aliphatic heterocycles. The van der Waals surface area contributed by atoms with E-state index in [0.717, 1.165) is 7.14 Å². The first-order valence-corrected chi connectivity index (χ1v) is 9.20. The quantitative estimate of drug-likeness (QED) is 0.319. The van der Waals surface area contributed by atoms with Crippen molar-refractivity contribution >= 4 is 74.5 Å². The second kappa shape index (κ2) is 8.69. The molecule has 0 aliphatic rings. The van der Waals surface area contributed by atoms with Crippen LogP contribution in [0, 0.1) is 18.5 Å². The van der Waals surface area contributed by atoms with Crippen molar-refractivity contribution in [1.29, 1.82) is 5.26 Å². The molecule has 0 radical (unpaired) electrons. The van der Waals surface area contributed by atoms with Crippen molar-refractivity contribution in [2.75, 3.05) is 12.4 Å². The summed E-state index contributed by atoms with van der Waals surface area (Å²) < 4.78 is 7.26. The number of hydrogen-bond acceptors (Lipinski definition) is 3. The van der Waals surface area contributed by atoms with Crippen LogP contribution < -0.4 is 10.1 Å². The van der Waals surface area contributed by atoms with Crippen molar-refractivity contribution in [1.82, 2.24) is 0 Å². The Hall–Kier alpha value is -1.31. The first-order valence-electron chi connectivity index (χ1n) is 6.67. The number of nitrogens with one attached hydrogen (secondary N) is 1. The maximum Gasteiger partial charge on any atom is 0.266 e. The molecule has 0 saturated heterocycles. The zero-order valence-corrected chi connectivity index (χ0v) is 17.5. The van der Waals surface area contributed by atoms with Gasteiger partial charge in [-0.1, -0.05) is 23.7 Å². The van der Waals surface area contributed by atoms with Crippen molar-refractivity contribution in [3.63, 3.8) is 0 Å². The third-order valence-corrected chi connectivity index (χ3v) is 4.78. The highest BCUT2D eigenvalue weighted by Crippen LogP contribution is 2.30. The summed E-state index contributed by atoms with van der Waals surface area (Å²) >= 11 is 10.4. The van der Waals surface area contributed by atoms with Gasteiger partial charge in [0.15, 0.2) is 0 Å². The highest BCUT2D eigenvalue weighted by molar-refractivity contribution is 14.1. The van der Waals surface area contributed by atoms with Crippen LogP contribution in [0.3, 0.4) is 0 Å². The van der Waals surface area contributed by atoms with Gasteiger partial charge in [0.25, 0.3) is 5.91 Å². The Morgan fingerprint density at radius 2 is 2.04 bits per heavy atom. The fourth-order valence-electron chi connectivity index (χ4n) is 1.96. The number of benzene rings is 2. The molecule has 0 unspecified atom stereocenters. The standard InChI is InChI=1S/C17H11ClI2N2O2/c1-24-16-10(7-12(19)8-14(16)20)6-11(9-21)17(23)22-15-5-3-2-4-13(15)18/h2-8H,1H3,(H,22,23)/b11-6+. The number of methoxy groups -OCH3 is 1. The summed E-state index contributed by atoms with van der Waals surface area (Å²) in [5.41, 5.74) is 1.08. The lowest BCUT2D eigenvalue weighted by molar-refractivity contribution is -0.112. The lowest BCUT2D eigenvalue weighted by Gasteiger charge is -2.10. The van der Waals surface area contributed by atoms with E-state index in [9.17, 15) is 10.1 Å². The molecule has 7 heteroatoms. The average molecular weight is 565 g/mol. The minimum absolute atomic E-state index is 0.0361. The van der Waals surface area contributed by atoms with Gasteiger partial charge < -0.3 is 10.1 Å². The summed E-state index contributed by atoms with van der Waals surface area (Å²) in [4.78, 5) is 12.4. The molecular weight excluding hydrogens is 553 g/mol. The molecule has 0 aliphatic carbocycles. The van der Waals surface area contributed by atoms with Crippen molar-refractivity contribution in [2.45, 2.75) is 0 Å². The molecule has 2 aromatic carbocycles. The van der Waals surface area contributed by atoms with Gasteiger partial charge in [-0.2, -0.15) is 5.26 Å². The van der Waals surface area contributed by atoms with Gasteiger partial charge >= 0.3 is 0 Å². The molecule has 2 rings (SSSR count). The largest absolute Gasteiger partial charge is 0.495 e. The van der Waals surface area contributed by atoms with Gasteiger partial charge in [-0.15, -0.1) is 0 Å². The van der Waals surface area contributed by atoms with Crippen molar-refractivity contribution < 1.29 is 9.53 Å². The molecule has 0 atom stereocenters. The van der Waals surface area contributed by atoms with E-state index in [1.165, 1.54) is 6.08 Å². The maximum absolute atomic E-state index is 12.4. The molecule has 4 nitrogen and oxygen atoms in total. The van der Waals surface area contributed by atoms with Gasteiger partial charge in [0, 0.05) is 9.13 Å². The Balaban J connectivity index is 2.38. The van der Waals surface area contributed by atoms with Crippen LogP contribution in [0.1, 0.15) is 5.56 Å². The molecule has 1 amide bonds. The Bertz CT molecular complexity index is 860. The van der Waals surface area contributed by atoms with Crippen molar-refractivity contribution in [3.05, 3.63) is 59.7 Å². The van der Waals surface area contributed by atoms with Crippen LogP contribution >= 0.6 is 56.8 Å². The number of ether oxygens (including phenoxy) is 1. The number of halogens is 3. The molecule has 24 heavy (non-hydrogen) atoms. The summed E-state index contributed by atoms with van der Waals surface area (Å²) in [6.45, 7) is 0. The van der Waals surface area contributed by atoms with E-state index in [1.807, 2.05) is 18.2 Å². The van der Waals surface area contributed by atoms with Crippen molar-refractivity contribution in [2.24, 2.45) is 0 Å². The van der Waals surface area contributed by atoms with E-state index in [-0.39, 0.29) is 5.57 Å². The predicted octanol–water partition coefficient (Wildman–Crippen LogP) is 5.10. The first-order chi connectivity index (χ1) is 11.5. The maximum atomic E-state index is 12.4. The summed E-state index contributed by atoms with van der Waals surface area (Å²) in [6, 6.07) is 12.6. The van der Waals surface area contributed by atoms with Crippen LogP contribution in [0.2, 0.25) is 5.02 Å². The van der Waals surface area contributed by atoms with E-state index >= 15 is 0 Å². The smallest absolute Gasteiger partial charge is 0.266 e. The van der Waals surface area contributed by atoms with E-state index in [4.69, 9.17) is 16.3 Å². The van der Waals surface area contributed by atoms with Gasteiger partial charge in [-0.25, -0.2) is 0 Å². The van der Waals surface area contributed by atoms with Crippen LogP contribution in [0.15, 0.2) is 42.0 Å². The number of carbonyl (C=O) groups is 1. The number of anilines is 1. The SMILES string of the molecule is COc1c(I)cc(I)cc1/C=C(\C#N)C(=O)Nc1ccccc1Cl. The summed E-state index contributed by atoms with van der Waals surface area (Å²) in [6.07, 6.45) is 1.51. The van der Waals surface area contributed by atoms with Gasteiger partial charge in [0.05, 0.1) is 21.4 Å². The topological polar surface area (TPSA) is 62.1 Å². The molecule has 0 bridgehead atoms. The summed E-state index contributed by atoms with van der Waals surface area (Å²) in [5.74, 6) is 0.0934. The number of nitriles is 1. The molecule has 2 aromatic rings. The van der Waals surface area contributed by atoms with Crippen LogP contribution in [0.5, 0.6) is 5.75 Å². The molecule has 0 spiro atoms. The normalized spacial score (nSPS) is 10.9. The van der Waals surface area contributed by atoms with E-state index in [1.54, 1.807) is 31.4 Å². The van der Waals surface area contributed by atoms with Crippen LogP contribution in [0.25, 0.3) is 6.08 Å². The monoisotopic (exact) mass is 564 g/mol. The lowest BCUT2D eigenvalue weighted by Crippen LogP contribution is -2.13. The second-order valence-electron chi connectivity index (χ2n) is 4.61. The Morgan fingerprint density at radius 3 is 2.67 bits per heavy atom. The molecule has 1 N–H and O–H groups in total. The van der Waals surface area contributed by atoms with Gasteiger partial charge in [-0.3, -0.25) is 4.79 Å². The van der Waals surface area contributed by atoms with E-state index < -0.39 is 5.91 Å². The Labute approximate surface area is 172 Å². The van der Waals surface area contributed by atoms with Crippen LogP contribution in [-0.4, -0.2) is 13.0 Å². The van der Waals surface area contributed by atoms with Gasteiger partial charge in [0.2, 0.25) is 0 Å². The Kier molecular flexibility index (Phi) is 6.89. The predicted molar refractivity (Wildman–Crippen MR) is 112 cm³/mol. The highest BCUT2D eigenvalue weighted by atomic mass is 127. The number of amides is 1. The lowest BCUT2D eigenvalue weighted by atomic mass is 10.1. The summed E-state index contributed by atoms with van der Waals surface area (Å²) in [7, 11) is 1.55. The minimum atomic E-state index is -0.526. The number of nitrogens with zero attached hydrogens (tertiary/aromatic N) is 1. The zero-order chi connectivity index (χ0) is 17.7. The molecule has 0 fully saturated rings. The molecule has 122 valence electrons. The summed E-state index contributed by atoms with van der Waals surface area (Å²) in [5, 5.41) is 12.4.